The summed E-state index contributed by atoms with van der Waals surface area (Å²) in [6, 6.07) is -0.0695. The highest BCUT2D eigenvalue weighted by Crippen LogP contribution is 2.13. The largest absolute Gasteiger partial charge is 0.465 e. The van der Waals surface area contributed by atoms with Gasteiger partial charge >= 0.3 is 5.97 Å². The molecule has 0 aliphatic rings. The van der Waals surface area contributed by atoms with Crippen molar-refractivity contribution >= 4 is 5.97 Å². The van der Waals surface area contributed by atoms with Crippen molar-refractivity contribution in [1.82, 2.24) is 4.90 Å². The van der Waals surface area contributed by atoms with Gasteiger partial charge in [0.05, 0.1) is 6.61 Å². The van der Waals surface area contributed by atoms with Crippen LogP contribution < -0.4 is 0 Å². The molecule has 3 nitrogen and oxygen atoms in total. The molecule has 0 aromatic rings. The van der Waals surface area contributed by atoms with Crippen LogP contribution in [0.2, 0.25) is 0 Å². The predicted molar refractivity (Wildman–Crippen MR) is 62.8 cm³/mol. The van der Waals surface area contributed by atoms with Crippen molar-refractivity contribution in [3.05, 3.63) is 0 Å². The van der Waals surface area contributed by atoms with Crippen LogP contribution in [-0.4, -0.2) is 36.6 Å². The van der Waals surface area contributed by atoms with Gasteiger partial charge in [0, 0.05) is 0 Å². The lowest BCUT2D eigenvalue weighted by Gasteiger charge is -2.28. The first-order valence-electron chi connectivity index (χ1n) is 5.97. The molecule has 90 valence electrons. The van der Waals surface area contributed by atoms with Gasteiger partial charge in [-0.25, -0.2) is 0 Å². The quantitative estimate of drug-likeness (QED) is 0.610. The molecule has 0 N–H and O–H groups in total. The van der Waals surface area contributed by atoms with Gasteiger partial charge in [-0.15, -0.1) is 0 Å². The summed E-state index contributed by atoms with van der Waals surface area (Å²) in [6.07, 6.45) is 0.876. The first-order valence-corrected chi connectivity index (χ1v) is 5.97. The highest BCUT2D eigenvalue weighted by Gasteiger charge is 2.25. The van der Waals surface area contributed by atoms with Crippen LogP contribution in [0.3, 0.4) is 0 Å². The average molecular weight is 215 g/mol. The van der Waals surface area contributed by atoms with E-state index < -0.39 is 0 Å². The normalized spacial score (nSPS) is 13.3. The number of esters is 1. The number of hydrogen-bond donors (Lipinski definition) is 0. The summed E-state index contributed by atoms with van der Waals surface area (Å²) in [5.74, 6) is 0.440. The molecule has 0 rings (SSSR count). The Hall–Kier alpha value is -0.570. The number of carbonyl (C=O) groups is 1. The summed E-state index contributed by atoms with van der Waals surface area (Å²) < 4.78 is 5.11. The molecule has 0 spiro atoms. The third-order valence-corrected chi connectivity index (χ3v) is 2.51. The van der Waals surface area contributed by atoms with Crippen molar-refractivity contribution in [2.24, 2.45) is 5.92 Å². The molecule has 1 atom stereocenters. The number of nitrogens with zero attached hydrogens (tertiary/aromatic N) is 1. The first kappa shape index (κ1) is 14.4. The van der Waals surface area contributed by atoms with E-state index in [-0.39, 0.29) is 12.0 Å². The van der Waals surface area contributed by atoms with Gasteiger partial charge in [-0.1, -0.05) is 27.7 Å². The summed E-state index contributed by atoms with van der Waals surface area (Å²) in [5.41, 5.74) is 0. The molecular weight excluding hydrogens is 190 g/mol. The van der Waals surface area contributed by atoms with Gasteiger partial charge in [0.2, 0.25) is 0 Å². The Morgan fingerprint density at radius 2 is 1.73 bits per heavy atom. The Kier molecular flexibility index (Phi) is 7.39. The fraction of sp³-hybridized carbons (Fsp3) is 0.917. The van der Waals surface area contributed by atoms with E-state index in [4.69, 9.17) is 4.74 Å². The van der Waals surface area contributed by atoms with Gasteiger partial charge < -0.3 is 4.74 Å². The molecule has 0 aliphatic heterocycles. The Bertz CT molecular complexity index is 176. The number of carbonyl (C=O) groups excluding carboxylic acids is 1. The van der Waals surface area contributed by atoms with Gasteiger partial charge in [0.15, 0.2) is 0 Å². The van der Waals surface area contributed by atoms with Crippen LogP contribution in [0, 0.1) is 5.92 Å². The molecule has 0 saturated carbocycles. The molecule has 0 aliphatic carbocycles. The Morgan fingerprint density at radius 1 is 1.20 bits per heavy atom. The molecule has 0 fully saturated rings. The second-order valence-corrected chi connectivity index (χ2v) is 4.12. The minimum absolute atomic E-state index is 0.0695. The molecule has 0 aromatic heterocycles. The van der Waals surface area contributed by atoms with E-state index in [2.05, 4.69) is 32.6 Å². The van der Waals surface area contributed by atoms with Gasteiger partial charge in [-0.05, 0) is 32.4 Å². The van der Waals surface area contributed by atoms with Gasteiger partial charge in [-0.2, -0.15) is 0 Å². The smallest absolute Gasteiger partial charge is 0.323 e. The molecular formula is C12H25NO2. The Balaban J connectivity index is 4.47. The zero-order chi connectivity index (χ0) is 11.8. The summed E-state index contributed by atoms with van der Waals surface area (Å²) in [4.78, 5) is 13.9. The molecule has 0 amide bonds. The molecule has 0 saturated heterocycles. The van der Waals surface area contributed by atoms with E-state index in [1.54, 1.807) is 0 Å². The van der Waals surface area contributed by atoms with E-state index >= 15 is 0 Å². The number of hydrogen-bond acceptors (Lipinski definition) is 3. The first-order chi connectivity index (χ1) is 7.06. The maximum absolute atomic E-state index is 11.8. The predicted octanol–water partition coefficient (Wildman–Crippen LogP) is 2.31. The standard InChI is InChI=1S/C12H25NO2/c1-6-13(7-2)11(9-10(4)5)12(14)15-8-3/h10-11H,6-9H2,1-5H3. The third-order valence-electron chi connectivity index (χ3n) is 2.51. The average Bonchev–Trinajstić information content (AvgIpc) is 2.18. The van der Waals surface area contributed by atoms with Crippen LogP contribution in [0.4, 0.5) is 0 Å². The van der Waals surface area contributed by atoms with Crippen LogP contribution in [0.25, 0.3) is 0 Å². The molecule has 1 unspecified atom stereocenters. The lowest BCUT2D eigenvalue weighted by atomic mass is 10.0. The van der Waals surface area contributed by atoms with Crippen molar-refractivity contribution in [2.75, 3.05) is 19.7 Å². The van der Waals surface area contributed by atoms with E-state index in [9.17, 15) is 4.79 Å². The molecule has 15 heavy (non-hydrogen) atoms. The topological polar surface area (TPSA) is 29.5 Å². The second-order valence-electron chi connectivity index (χ2n) is 4.12. The van der Waals surface area contributed by atoms with Crippen LogP contribution in [0.15, 0.2) is 0 Å². The zero-order valence-corrected chi connectivity index (χ0v) is 10.7. The minimum Gasteiger partial charge on any atom is -0.465 e. The van der Waals surface area contributed by atoms with Crippen LogP contribution in [0.5, 0.6) is 0 Å². The van der Waals surface area contributed by atoms with Crippen LogP contribution >= 0.6 is 0 Å². The Morgan fingerprint density at radius 3 is 2.07 bits per heavy atom. The zero-order valence-electron chi connectivity index (χ0n) is 10.7. The maximum Gasteiger partial charge on any atom is 0.323 e. The molecule has 3 heteroatoms. The van der Waals surface area contributed by atoms with Crippen LogP contribution in [0.1, 0.15) is 41.0 Å². The Labute approximate surface area is 93.8 Å². The second kappa shape index (κ2) is 7.69. The lowest BCUT2D eigenvalue weighted by molar-refractivity contribution is -0.150. The minimum atomic E-state index is -0.0742. The van der Waals surface area contributed by atoms with Crippen molar-refractivity contribution < 1.29 is 9.53 Å². The summed E-state index contributed by atoms with van der Waals surface area (Å²) in [6.45, 7) is 12.5. The molecule has 0 bridgehead atoms. The van der Waals surface area contributed by atoms with E-state index in [0.29, 0.717) is 12.5 Å². The number of likely N-dealkylation sites (N-methyl/N-ethyl adjacent to an activating group) is 1. The lowest BCUT2D eigenvalue weighted by Crippen LogP contribution is -2.42. The van der Waals surface area contributed by atoms with E-state index in [0.717, 1.165) is 19.5 Å². The summed E-state index contributed by atoms with van der Waals surface area (Å²) in [5, 5.41) is 0. The third kappa shape index (κ3) is 5.17. The maximum atomic E-state index is 11.8. The van der Waals surface area contributed by atoms with Gasteiger partial charge in [0.25, 0.3) is 0 Å². The van der Waals surface area contributed by atoms with E-state index in [1.165, 1.54) is 0 Å². The van der Waals surface area contributed by atoms with E-state index in [1.807, 2.05) is 6.92 Å². The summed E-state index contributed by atoms with van der Waals surface area (Å²) in [7, 11) is 0. The molecule has 0 aromatic carbocycles. The highest BCUT2D eigenvalue weighted by molar-refractivity contribution is 5.75. The number of ether oxygens (including phenoxy) is 1. The molecule has 0 radical (unpaired) electrons. The van der Waals surface area contributed by atoms with Crippen molar-refractivity contribution in [3.8, 4) is 0 Å². The monoisotopic (exact) mass is 215 g/mol. The fourth-order valence-electron chi connectivity index (χ4n) is 1.74. The van der Waals surface area contributed by atoms with Gasteiger partial charge in [-0.3, -0.25) is 9.69 Å². The van der Waals surface area contributed by atoms with Crippen molar-refractivity contribution in [3.63, 3.8) is 0 Å². The number of rotatable bonds is 7. The summed E-state index contributed by atoms with van der Waals surface area (Å²) >= 11 is 0. The van der Waals surface area contributed by atoms with Crippen molar-refractivity contribution in [2.45, 2.75) is 47.1 Å². The SMILES string of the molecule is CCOC(=O)C(CC(C)C)N(CC)CC. The van der Waals surface area contributed by atoms with Gasteiger partial charge in [0.1, 0.15) is 6.04 Å². The van der Waals surface area contributed by atoms with Crippen LogP contribution in [-0.2, 0) is 9.53 Å². The van der Waals surface area contributed by atoms with Crippen molar-refractivity contribution in [1.29, 1.82) is 0 Å². The molecule has 0 heterocycles. The highest BCUT2D eigenvalue weighted by atomic mass is 16.5. The fourth-order valence-corrected chi connectivity index (χ4v) is 1.74.